The van der Waals surface area contributed by atoms with Crippen molar-refractivity contribution >= 4 is 46.2 Å². The maximum atomic E-state index is 13.0. The Balaban J connectivity index is 1.49. The zero-order valence-electron chi connectivity index (χ0n) is 17.6. The molecule has 3 unspecified atom stereocenters. The lowest BCUT2D eigenvalue weighted by atomic mass is 10.1. The standard InChI is InChI=1S/C22H21Cl2N3O5S/c1-30-21(28)26-16-3-5-18(6-4-16)33(29)12-17-11-31-22(32-17,13-27-9-8-25-14-27)19-7-2-15(23)10-20(19)24/h2-10,14,17H,11-13H2,1H3,(H,26,28). The second-order valence-corrected chi connectivity index (χ2v) is 9.66. The first-order chi connectivity index (χ1) is 15.9. The molecule has 1 aromatic heterocycles. The Morgan fingerprint density at radius 2 is 2.12 bits per heavy atom. The van der Waals surface area contributed by atoms with Crippen molar-refractivity contribution in [1.82, 2.24) is 9.55 Å². The first kappa shape index (κ1) is 23.9. The van der Waals surface area contributed by atoms with Gasteiger partial charge in [-0.15, -0.1) is 0 Å². The predicted molar refractivity (Wildman–Crippen MR) is 125 cm³/mol. The second-order valence-electron chi connectivity index (χ2n) is 7.32. The van der Waals surface area contributed by atoms with Crippen molar-refractivity contribution in [1.29, 1.82) is 0 Å². The fourth-order valence-corrected chi connectivity index (χ4v) is 5.19. The Kier molecular flexibility index (Phi) is 7.48. The number of ether oxygens (including phenoxy) is 3. The largest absolute Gasteiger partial charge is 0.611 e. The van der Waals surface area contributed by atoms with Gasteiger partial charge in [-0.3, -0.25) is 5.32 Å². The van der Waals surface area contributed by atoms with Crippen LogP contribution in [0.15, 0.2) is 66.1 Å². The molecule has 1 N–H and O–H groups in total. The van der Waals surface area contributed by atoms with E-state index in [-0.39, 0.29) is 12.4 Å². The number of halogens is 2. The number of aromatic nitrogens is 2. The number of anilines is 1. The highest BCUT2D eigenvalue weighted by atomic mass is 35.5. The van der Waals surface area contributed by atoms with Crippen LogP contribution in [0.1, 0.15) is 5.56 Å². The average Bonchev–Trinajstić information content (AvgIpc) is 3.45. The maximum absolute atomic E-state index is 13.0. The van der Waals surface area contributed by atoms with Gasteiger partial charge in [0.25, 0.3) is 0 Å². The lowest BCUT2D eigenvalue weighted by Crippen LogP contribution is -2.34. The van der Waals surface area contributed by atoms with Gasteiger partial charge in [0, 0.05) is 28.7 Å². The Hall–Kier alpha value is -2.27. The highest BCUT2D eigenvalue weighted by Gasteiger charge is 2.46. The van der Waals surface area contributed by atoms with Crippen molar-refractivity contribution < 1.29 is 23.6 Å². The zero-order valence-corrected chi connectivity index (χ0v) is 19.9. The number of benzene rings is 2. The summed E-state index contributed by atoms with van der Waals surface area (Å²) in [5.41, 5.74) is 1.17. The predicted octanol–water partition coefficient (Wildman–Crippen LogP) is 4.44. The van der Waals surface area contributed by atoms with Gasteiger partial charge in [-0.25, -0.2) is 9.78 Å². The van der Waals surface area contributed by atoms with Crippen molar-refractivity contribution in [3.05, 3.63) is 76.8 Å². The summed E-state index contributed by atoms with van der Waals surface area (Å²) in [6.07, 6.45) is 4.11. The summed E-state index contributed by atoms with van der Waals surface area (Å²) < 4.78 is 31.9. The first-order valence-corrected chi connectivity index (χ1v) is 12.0. The van der Waals surface area contributed by atoms with Crippen LogP contribution in [-0.4, -0.2) is 45.8 Å². The monoisotopic (exact) mass is 509 g/mol. The molecular weight excluding hydrogens is 489 g/mol. The number of carbonyl (C=O) groups is 1. The van der Waals surface area contributed by atoms with Gasteiger partial charge in [0.05, 0.1) is 31.6 Å². The topological polar surface area (TPSA) is 97.7 Å². The Morgan fingerprint density at radius 3 is 2.79 bits per heavy atom. The molecule has 3 atom stereocenters. The van der Waals surface area contributed by atoms with Gasteiger partial charge in [0.15, 0.2) is 4.90 Å². The minimum absolute atomic E-state index is 0.223. The number of methoxy groups -OCH3 is 1. The molecule has 0 aliphatic carbocycles. The fraction of sp³-hybridized carbons (Fsp3) is 0.273. The van der Waals surface area contributed by atoms with Gasteiger partial charge in [-0.1, -0.05) is 29.3 Å². The van der Waals surface area contributed by atoms with E-state index in [9.17, 15) is 9.35 Å². The molecule has 1 amide bonds. The molecule has 1 fully saturated rings. The van der Waals surface area contributed by atoms with Crippen LogP contribution in [0.4, 0.5) is 10.5 Å². The number of amides is 1. The zero-order chi connectivity index (χ0) is 23.4. The van der Waals surface area contributed by atoms with Crippen LogP contribution in [-0.2, 0) is 37.7 Å². The molecule has 174 valence electrons. The van der Waals surface area contributed by atoms with Gasteiger partial charge < -0.3 is 23.3 Å². The van der Waals surface area contributed by atoms with Crippen LogP contribution in [0.5, 0.6) is 0 Å². The summed E-state index contributed by atoms with van der Waals surface area (Å²) in [4.78, 5) is 16.0. The first-order valence-electron chi connectivity index (χ1n) is 9.95. The van der Waals surface area contributed by atoms with E-state index in [0.29, 0.717) is 32.7 Å². The number of hydrogen-bond donors (Lipinski definition) is 1. The van der Waals surface area contributed by atoms with Gasteiger partial charge in [-0.05, 0) is 47.6 Å². The van der Waals surface area contributed by atoms with Crippen LogP contribution < -0.4 is 5.32 Å². The van der Waals surface area contributed by atoms with Crippen molar-refractivity contribution in [3.63, 3.8) is 0 Å². The van der Waals surface area contributed by atoms with E-state index in [1.54, 1.807) is 61.2 Å². The molecule has 1 aliphatic rings. The quantitative estimate of drug-likeness (QED) is 0.472. The summed E-state index contributed by atoms with van der Waals surface area (Å²) in [6, 6.07) is 11.8. The highest BCUT2D eigenvalue weighted by molar-refractivity contribution is 7.91. The molecule has 2 heterocycles. The van der Waals surface area contributed by atoms with Crippen LogP contribution in [0.2, 0.25) is 10.0 Å². The molecular formula is C22H21Cl2N3O5S. The van der Waals surface area contributed by atoms with Crippen LogP contribution in [0.25, 0.3) is 0 Å². The summed E-state index contributed by atoms with van der Waals surface area (Å²) in [5.74, 6) is -0.952. The minimum Gasteiger partial charge on any atom is -0.611 e. The molecule has 2 aromatic carbocycles. The van der Waals surface area contributed by atoms with Crippen molar-refractivity contribution in [2.45, 2.75) is 23.3 Å². The third kappa shape index (κ3) is 5.63. The molecule has 0 radical (unpaired) electrons. The maximum Gasteiger partial charge on any atom is 0.411 e. The summed E-state index contributed by atoms with van der Waals surface area (Å²) in [7, 11) is 1.28. The molecule has 4 rings (SSSR count). The highest BCUT2D eigenvalue weighted by Crippen LogP contribution is 2.41. The summed E-state index contributed by atoms with van der Waals surface area (Å²) in [6.45, 7) is 0.548. The SMILES string of the molecule is COC(=O)Nc1ccc([S+]([O-])CC2COC(Cn3ccnc3)(c3ccc(Cl)cc3Cl)O2)cc1. The Morgan fingerprint density at radius 1 is 1.33 bits per heavy atom. The molecule has 1 saturated heterocycles. The van der Waals surface area contributed by atoms with E-state index >= 15 is 0 Å². The molecule has 8 nitrogen and oxygen atoms in total. The normalized spacial score (nSPS) is 21.0. The van der Waals surface area contributed by atoms with Crippen LogP contribution in [0.3, 0.4) is 0 Å². The van der Waals surface area contributed by atoms with Crippen molar-refractivity contribution in [3.8, 4) is 0 Å². The number of carbonyl (C=O) groups excluding carboxylic acids is 1. The van der Waals surface area contributed by atoms with Crippen LogP contribution in [0, 0.1) is 0 Å². The van der Waals surface area contributed by atoms with E-state index in [2.05, 4.69) is 15.0 Å². The average molecular weight is 510 g/mol. The number of rotatable bonds is 7. The van der Waals surface area contributed by atoms with E-state index in [0.717, 1.165) is 0 Å². The second kappa shape index (κ2) is 10.3. The summed E-state index contributed by atoms with van der Waals surface area (Å²) in [5, 5.41) is 3.47. The van der Waals surface area contributed by atoms with E-state index < -0.39 is 29.2 Å². The van der Waals surface area contributed by atoms with Gasteiger partial charge in [0.1, 0.15) is 11.9 Å². The lowest BCUT2D eigenvalue weighted by molar-refractivity contribution is -0.184. The molecule has 0 saturated carbocycles. The van der Waals surface area contributed by atoms with E-state index in [4.69, 9.17) is 32.7 Å². The number of nitrogens with one attached hydrogen (secondary N) is 1. The van der Waals surface area contributed by atoms with Gasteiger partial charge in [-0.2, -0.15) is 0 Å². The molecule has 11 heteroatoms. The molecule has 3 aromatic rings. The molecule has 33 heavy (non-hydrogen) atoms. The number of imidazole rings is 1. The van der Waals surface area contributed by atoms with Gasteiger partial charge >= 0.3 is 6.09 Å². The van der Waals surface area contributed by atoms with Crippen molar-refractivity contribution in [2.75, 3.05) is 24.8 Å². The number of nitrogens with zero attached hydrogens (tertiary/aromatic N) is 2. The third-order valence-electron chi connectivity index (χ3n) is 5.04. The summed E-state index contributed by atoms with van der Waals surface area (Å²) >= 11 is 11.2. The minimum atomic E-state index is -1.36. The number of hydrogen-bond acceptors (Lipinski definition) is 6. The fourth-order valence-electron chi connectivity index (χ4n) is 3.50. The van der Waals surface area contributed by atoms with Gasteiger partial charge in [0.2, 0.25) is 5.79 Å². The third-order valence-corrected chi connectivity index (χ3v) is 7.06. The van der Waals surface area contributed by atoms with Crippen LogP contribution >= 0.6 is 23.2 Å². The lowest BCUT2D eigenvalue weighted by Gasteiger charge is -2.30. The van der Waals surface area contributed by atoms with E-state index in [1.165, 1.54) is 7.11 Å². The van der Waals surface area contributed by atoms with E-state index in [1.807, 2.05) is 4.57 Å². The molecule has 1 aliphatic heterocycles. The molecule has 0 spiro atoms. The smallest absolute Gasteiger partial charge is 0.411 e. The Bertz CT molecular complexity index is 1100. The Labute approximate surface area is 203 Å². The molecule has 0 bridgehead atoms. The van der Waals surface area contributed by atoms with Crippen molar-refractivity contribution in [2.24, 2.45) is 0 Å².